The minimum atomic E-state index is -0.627. The number of carbonyl (C=O) groups is 3. The Morgan fingerprint density at radius 2 is 1.59 bits per heavy atom. The predicted molar refractivity (Wildman–Crippen MR) is 97.1 cm³/mol. The van der Waals surface area contributed by atoms with E-state index in [4.69, 9.17) is 25.3 Å². The van der Waals surface area contributed by atoms with E-state index in [2.05, 4.69) is 25.0 Å². The summed E-state index contributed by atoms with van der Waals surface area (Å²) in [5, 5.41) is 6.49. The van der Waals surface area contributed by atoms with Gasteiger partial charge < -0.3 is 14.2 Å². The smallest absolute Gasteiger partial charge is 0.308 e. The third-order valence-corrected chi connectivity index (χ3v) is 3.37. The molecular formula is C16H19N7O6. The van der Waals surface area contributed by atoms with Crippen LogP contribution in [0.3, 0.4) is 0 Å². The molecule has 0 aromatic carbocycles. The van der Waals surface area contributed by atoms with Crippen molar-refractivity contribution in [2.45, 2.75) is 39.9 Å². The van der Waals surface area contributed by atoms with Gasteiger partial charge in [-0.15, -0.1) is 0 Å². The highest BCUT2D eigenvalue weighted by Gasteiger charge is 2.19. The standard InChI is InChI=1S/C16H19N7O6/c1-10-16(29-11(2)24)13(9-28-15(26)4-6-21-23-18)12(7-19-10)8-27-14(25)3-5-20-22-17/h7H,3-6,8-9H2,1-2H3. The molecule has 0 spiro atoms. The summed E-state index contributed by atoms with van der Waals surface area (Å²) in [5.41, 5.74) is 17.5. The molecule has 154 valence electrons. The van der Waals surface area contributed by atoms with Crippen LogP contribution in [0.1, 0.15) is 36.6 Å². The molecule has 1 aromatic heterocycles. The predicted octanol–water partition coefficient (Wildman–Crippen LogP) is 2.80. The van der Waals surface area contributed by atoms with Crippen molar-refractivity contribution < 1.29 is 28.6 Å². The Hall–Kier alpha value is -3.82. The summed E-state index contributed by atoms with van der Waals surface area (Å²) in [4.78, 5) is 44.1. The quantitative estimate of drug-likeness (QED) is 0.234. The molecule has 0 saturated carbocycles. The van der Waals surface area contributed by atoms with E-state index in [9.17, 15) is 14.4 Å². The van der Waals surface area contributed by atoms with E-state index in [-0.39, 0.29) is 44.9 Å². The lowest BCUT2D eigenvalue weighted by Gasteiger charge is -2.16. The summed E-state index contributed by atoms with van der Waals surface area (Å²) in [6.07, 6.45) is 1.18. The van der Waals surface area contributed by atoms with Gasteiger partial charge in [-0.25, -0.2) is 0 Å². The maximum absolute atomic E-state index is 11.8. The van der Waals surface area contributed by atoms with E-state index >= 15 is 0 Å². The van der Waals surface area contributed by atoms with E-state index in [0.29, 0.717) is 16.8 Å². The summed E-state index contributed by atoms with van der Waals surface area (Å²) in [7, 11) is 0. The molecule has 0 amide bonds. The van der Waals surface area contributed by atoms with Crippen molar-refractivity contribution in [2.75, 3.05) is 13.1 Å². The molecule has 0 N–H and O–H groups in total. The maximum Gasteiger partial charge on any atom is 0.308 e. The van der Waals surface area contributed by atoms with Crippen molar-refractivity contribution in [3.8, 4) is 5.75 Å². The average Bonchev–Trinajstić information content (AvgIpc) is 2.67. The highest BCUT2D eigenvalue weighted by molar-refractivity contribution is 5.72. The molecule has 13 nitrogen and oxygen atoms in total. The fourth-order valence-electron chi connectivity index (χ4n) is 2.06. The van der Waals surface area contributed by atoms with Crippen LogP contribution in [0.15, 0.2) is 16.4 Å². The van der Waals surface area contributed by atoms with Crippen molar-refractivity contribution in [1.82, 2.24) is 4.98 Å². The molecule has 0 aliphatic rings. The fourth-order valence-corrected chi connectivity index (χ4v) is 2.06. The topological polar surface area (TPSA) is 189 Å². The van der Waals surface area contributed by atoms with Crippen LogP contribution in [0, 0.1) is 6.92 Å². The number of rotatable bonds is 11. The monoisotopic (exact) mass is 405 g/mol. The molecule has 0 atom stereocenters. The van der Waals surface area contributed by atoms with Crippen LogP contribution < -0.4 is 4.74 Å². The van der Waals surface area contributed by atoms with Gasteiger partial charge in [-0.2, -0.15) is 0 Å². The van der Waals surface area contributed by atoms with Gasteiger partial charge in [0.25, 0.3) is 0 Å². The Balaban J connectivity index is 2.97. The van der Waals surface area contributed by atoms with Crippen molar-refractivity contribution in [3.63, 3.8) is 0 Å². The van der Waals surface area contributed by atoms with Gasteiger partial charge in [0.15, 0.2) is 5.75 Å². The number of carbonyl (C=O) groups excluding carboxylic acids is 3. The summed E-state index contributed by atoms with van der Waals surface area (Å²) < 4.78 is 15.4. The van der Waals surface area contributed by atoms with Crippen LogP contribution in [0.4, 0.5) is 0 Å². The third-order valence-electron chi connectivity index (χ3n) is 3.37. The van der Waals surface area contributed by atoms with Crippen LogP contribution >= 0.6 is 0 Å². The van der Waals surface area contributed by atoms with Gasteiger partial charge >= 0.3 is 17.9 Å². The van der Waals surface area contributed by atoms with E-state index in [1.54, 1.807) is 6.92 Å². The number of ether oxygens (including phenoxy) is 3. The zero-order chi connectivity index (χ0) is 21.6. The molecule has 1 aromatic rings. The molecule has 1 heterocycles. The molecule has 1 rings (SSSR count). The van der Waals surface area contributed by atoms with Gasteiger partial charge in [0.1, 0.15) is 13.2 Å². The number of aromatic nitrogens is 1. The van der Waals surface area contributed by atoms with E-state index in [1.807, 2.05) is 0 Å². The van der Waals surface area contributed by atoms with E-state index in [1.165, 1.54) is 13.1 Å². The number of hydrogen-bond donors (Lipinski definition) is 0. The van der Waals surface area contributed by atoms with Crippen molar-refractivity contribution in [3.05, 3.63) is 43.9 Å². The van der Waals surface area contributed by atoms with Crippen LogP contribution in [0.2, 0.25) is 0 Å². The molecule has 0 bridgehead atoms. The number of esters is 3. The minimum absolute atomic E-state index is 0.0458. The molecule has 0 aliphatic carbocycles. The highest BCUT2D eigenvalue weighted by atomic mass is 16.5. The first-order chi connectivity index (χ1) is 13.9. The lowest BCUT2D eigenvalue weighted by atomic mass is 10.1. The third kappa shape index (κ3) is 8.61. The largest absolute Gasteiger partial charge is 0.461 e. The molecule has 29 heavy (non-hydrogen) atoms. The molecule has 0 aliphatic heterocycles. The molecule has 0 fully saturated rings. The first-order valence-electron chi connectivity index (χ1n) is 8.37. The number of aryl methyl sites for hydroxylation is 1. The molecular weight excluding hydrogens is 386 g/mol. The second kappa shape index (κ2) is 12.5. The van der Waals surface area contributed by atoms with E-state index < -0.39 is 17.9 Å². The van der Waals surface area contributed by atoms with Gasteiger partial charge in [0.05, 0.1) is 18.5 Å². The van der Waals surface area contributed by atoms with E-state index in [0.717, 1.165) is 0 Å². The maximum atomic E-state index is 11.8. The number of pyridine rings is 1. The normalized spacial score (nSPS) is 9.59. The Kier molecular flexibility index (Phi) is 10.0. The van der Waals surface area contributed by atoms with Crippen LogP contribution in [-0.2, 0) is 37.1 Å². The van der Waals surface area contributed by atoms with Gasteiger partial charge in [0.2, 0.25) is 0 Å². The molecule has 0 radical (unpaired) electrons. The number of nitrogens with zero attached hydrogens (tertiary/aromatic N) is 7. The Labute approximate surface area is 165 Å². The SMILES string of the molecule is CC(=O)Oc1c(C)ncc(COC(=O)CCN=[N+]=[N-])c1COC(=O)CCN=[N+]=[N-]. The zero-order valence-corrected chi connectivity index (χ0v) is 15.9. The fraction of sp³-hybridized carbons (Fsp3) is 0.500. The zero-order valence-electron chi connectivity index (χ0n) is 15.9. The van der Waals surface area contributed by atoms with Gasteiger partial charge in [-0.1, -0.05) is 10.2 Å². The summed E-state index contributed by atoms with van der Waals surface area (Å²) >= 11 is 0. The molecule has 13 heteroatoms. The Morgan fingerprint density at radius 3 is 2.10 bits per heavy atom. The second-order valence-corrected chi connectivity index (χ2v) is 5.50. The van der Waals surface area contributed by atoms with Gasteiger partial charge in [-0.05, 0) is 18.0 Å². The highest BCUT2D eigenvalue weighted by Crippen LogP contribution is 2.27. The van der Waals surface area contributed by atoms with Crippen LogP contribution in [0.25, 0.3) is 20.9 Å². The lowest BCUT2D eigenvalue weighted by molar-refractivity contribution is -0.146. The average molecular weight is 405 g/mol. The van der Waals surface area contributed by atoms with Gasteiger partial charge in [-0.3, -0.25) is 19.4 Å². The van der Waals surface area contributed by atoms with Crippen molar-refractivity contribution >= 4 is 17.9 Å². The second-order valence-electron chi connectivity index (χ2n) is 5.50. The Bertz CT molecular complexity index is 860. The number of hydrogen-bond acceptors (Lipinski definition) is 9. The molecule has 0 saturated heterocycles. The van der Waals surface area contributed by atoms with Crippen LogP contribution in [0.5, 0.6) is 5.75 Å². The summed E-state index contributed by atoms with van der Waals surface area (Å²) in [5.74, 6) is -1.74. The Morgan fingerprint density at radius 1 is 1.03 bits per heavy atom. The minimum Gasteiger partial charge on any atom is -0.461 e. The lowest BCUT2D eigenvalue weighted by Crippen LogP contribution is -2.14. The number of azide groups is 2. The first-order valence-corrected chi connectivity index (χ1v) is 8.37. The van der Waals surface area contributed by atoms with Crippen molar-refractivity contribution in [1.29, 1.82) is 0 Å². The molecule has 0 unspecified atom stereocenters. The van der Waals surface area contributed by atoms with Gasteiger partial charge in [0, 0.05) is 47.2 Å². The van der Waals surface area contributed by atoms with Crippen LogP contribution in [-0.4, -0.2) is 36.0 Å². The van der Waals surface area contributed by atoms with Crippen molar-refractivity contribution in [2.24, 2.45) is 10.2 Å². The summed E-state index contributed by atoms with van der Waals surface area (Å²) in [6, 6.07) is 0. The summed E-state index contributed by atoms with van der Waals surface area (Å²) in [6.45, 7) is 2.21. The first kappa shape index (κ1) is 23.2.